The fraction of sp³-hybridized carbons (Fsp3) is 0. The van der Waals surface area contributed by atoms with Gasteiger partial charge in [0, 0.05) is 21.4 Å². The molecule has 0 atom stereocenters. The van der Waals surface area contributed by atoms with Gasteiger partial charge in [0.2, 0.25) is 0 Å². The molecule has 22 heavy (non-hydrogen) atoms. The number of hydrogen-bond donors (Lipinski definition) is 3. The molecule has 0 fully saturated rings. The first-order valence-electron chi connectivity index (χ1n) is 6.62. The van der Waals surface area contributed by atoms with Gasteiger partial charge in [0.1, 0.15) is 11.3 Å². The van der Waals surface area contributed by atoms with Gasteiger partial charge in [-0.25, -0.2) is 4.79 Å². The van der Waals surface area contributed by atoms with E-state index in [4.69, 9.17) is 0 Å². The van der Waals surface area contributed by atoms with Crippen LogP contribution in [0.4, 0.5) is 5.69 Å². The molecule has 0 radical (unpaired) electrons. The van der Waals surface area contributed by atoms with Gasteiger partial charge in [0.15, 0.2) is 0 Å². The smallest absolute Gasteiger partial charge is 0.339 e. The van der Waals surface area contributed by atoms with Gasteiger partial charge in [0.25, 0.3) is 0 Å². The molecule has 0 saturated carbocycles. The molecule has 3 aromatic rings. The summed E-state index contributed by atoms with van der Waals surface area (Å²) in [6.45, 7) is 0. The summed E-state index contributed by atoms with van der Waals surface area (Å²) in [6, 6.07) is 18.3. The van der Waals surface area contributed by atoms with Gasteiger partial charge in [-0.2, -0.15) is 0 Å². The molecule has 0 saturated heterocycles. The van der Waals surface area contributed by atoms with Gasteiger partial charge in [-0.1, -0.05) is 42.5 Å². The zero-order valence-corrected chi connectivity index (χ0v) is 12.3. The van der Waals surface area contributed by atoms with Crippen LogP contribution in [0.25, 0.3) is 10.8 Å². The molecular formula is C17H13NO3S. The summed E-state index contributed by atoms with van der Waals surface area (Å²) in [6.07, 6.45) is 0. The Kier molecular flexibility index (Phi) is 3.89. The first-order chi connectivity index (χ1) is 10.7. The molecule has 3 N–H and O–H groups in total. The first-order valence-corrected chi connectivity index (χ1v) is 7.44. The number of phenols is 1. The van der Waals surface area contributed by atoms with Gasteiger partial charge in [-0.15, -0.1) is 0 Å². The second-order valence-corrected chi connectivity index (χ2v) is 5.54. The lowest BCUT2D eigenvalue weighted by Gasteiger charge is -2.11. The van der Waals surface area contributed by atoms with Gasteiger partial charge >= 0.3 is 5.97 Å². The van der Waals surface area contributed by atoms with Crippen LogP contribution >= 0.6 is 11.9 Å². The Morgan fingerprint density at radius 2 is 1.59 bits per heavy atom. The molecule has 110 valence electrons. The third-order valence-corrected chi connectivity index (χ3v) is 4.16. The van der Waals surface area contributed by atoms with Crippen molar-refractivity contribution in [3.63, 3.8) is 0 Å². The Labute approximate surface area is 131 Å². The fourth-order valence-electron chi connectivity index (χ4n) is 2.19. The molecule has 0 aromatic heterocycles. The van der Waals surface area contributed by atoms with Crippen molar-refractivity contribution in [2.45, 2.75) is 4.90 Å². The van der Waals surface area contributed by atoms with Crippen LogP contribution in [0.15, 0.2) is 65.6 Å². The van der Waals surface area contributed by atoms with Gasteiger partial charge in [0.05, 0.1) is 0 Å². The summed E-state index contributed by atoms with van der Waals surface area (Å²) in [5, 5.41) is 20.7. The lowest BCUT2D eigenvalue weighted by atomic mass is 10.1. The number of aromatic hydroxyl groups is 1. The van der Waals surface area contributed by atoms with Crippen molar-refractivity contribution in [3.05, 3.63) is 66.2 Å². The molecule has 0 aliphatic carbocycles. The maximum atomic E-state index is 11.3. The number of para-hydroxylation sites is 1. The van der Waals surface area contributed by atoms with Crippen LogP contribution in [0.3, 0.4) is 0 Å². The molecule has 0 spiro atoms. The topological polar surface area (TPSA) is 69.6 Å². The van der Waals surface area contributed by atoms with Crippen molar-refractivity contribution in [3.8, 4) is 5.75 Å². The molecule has 0 bridgehead atoms. The zero-order chi connectivity index (χ0) is 15.5. The lowest BCUT2D eigenvalue weighted by Crippen LogP contribution is -1.99. The molecule has 3 aromatic carbocycles. The van der Waals surface area contributed by atoms with Gasteiger partial charge in [-0.05, 0) is 30.1 Å². The largest absolute Gasteiger partial charge is 0.506 e. The average molecular weight is 311 g/mol. The normalized spacial score (nSPS) is 10.5. The van der Waals surface area contributed by atoms with E-state index in [9.17, 15) is 15.0 Å². The predicted octanol–water partition coefficient (Wildman–Crippen LogP) is 4.36. The Morgan fingerprint density at radius 3 is 2.27 bits per heavy atom. The van der Waals surface area contributed by atoms with E-state index >= 15 is 0 Å². The quantitative estimate of drug-likeness (QED) is 0.624. The second-order valence-electron chi connectivity index (χ2n) is 4.69. The number of aromatic carboxylic acids is 1. The molecule has 0 aliphatic heterocycles. The van der Waals surface area contributed by atoms with Crippen molar-refractivity contribution < 1.29 is 15.0 Å². The van der Waals surface area contributed by atoms with Crippen LogP contribution in [0.5, 0.6) is 5.75 Å². The Hall–Kier alpha value is -2.66. The Balaban J connectivity index is 2.04. The molecule has 5 heteroatoms. The summed E-state index contributed by atoms with van der Waals surface area (Å²) in [5.41, 5.74) is 0.817. The maximum Gasteiger partial charge on any atom is 0.339 e. The number of nitrogens with one attached hydrogen (secondary N) is 1. The molecule has 0 aliphatic rings. The standard InChI is InChI=1S/C17H13NO3S/c19-16-13-9-5-4-8-12(13)15(10-14(16)17(20)21)22-18-11-6-2-1-3-7-11/h1-10,18-19H,(H,20,21). The molecule has 3 rings (SSSR count). The second kappa shape index (κ2) is 5.99. The SMILES string of the molecule is O=C(O)c1cc(SNc2ccccc2)c2ccccc2c1O. The highest BCUT2D eigenvalue weighted by Gasteiger charge is 2.16. The summed E-state index contributed by atoms with van der Waals surface area (Å²) >= 11 is 1.32. The third kappa shape index (κ3) is 2.71. The van der Waals surface area contributed by atoms with Crippen molar-refractivity contribution in [1.29, 1.82) is 0 Å². The molecule has 0 amide bonds. The third-order valence-electron chi connectivity index (χ3n) is 3.26. The Morgan fingerprint density at radius 1 is 0.955 bits per heavy atom. The van der Waals surface area contributed by atoms with E-state index in [1.807, 2.05) is 42.5 Å². The summed E-state index contributed by atoms with van der Waals surface area (Å²) in [7, 11) is 0. The predicted molar refractivity (Wildman–Crippen MR) is 88.5 cm³/mol. The number of carbonyl (C=O) groups is 1. The number of hydrogen-bond acceptors (Lipinski definition) is 4. The summed E-state index contributed by atoms with van der Waals surface area (Å²) in [5.74, 6) is -1.35. The highest BCUT2D eigenvalue weighted by molar-refractivity contribution is 8.00. The van der Waals surface area contributed by atoms with Crippen LogP contribution in [0.2, 0.25) is 0 Å². The fourth-order valence-corrected chi connectivity index (χ4v) is 3.02. The van der Waals surface area contributed by atoms with Crippen LogP contribution in [-0.4, -0.2) is 16.2 Å². The molecule has 4 nitrogen and oxygen atoms in total. The van der Waals surface area contributed by atoms with E-state index in [-0.39, 0.29) is 11.3 Å². The summed E-state index contributed by atoms with van der Waals surface area (Å²) in [4.78, 5) is 12.0. The zero-order valence-electron chi connectivity index (χ0n) is 11.5. The Bertz CT molecular complexity index is 834. The molecule has 0 heterocycles. The number of benzene rings is 3. The van der Waals surface area contributed by atoms with E-state index in [1.54, 1.807) is 12.1 Å². The number of fused-ring (bicyclic) bond motifs is 1. The highest BCUT2D eigenvalue weighted by atomic mass is 32.2. The maximum absolute atomic E-state index is 11.3. The van der Waals surface area contributed by atoms with Crippen LogP contribution in [0.1, 0.15) is 10.4 Å². The van der Waals surface area contributed by atoms with E-state index in [2.05, 4.69) is 4.72 Å². The van der Waals surface area contributed by atoms with Crippen molar-refractivity contribution in [1.82, 2.24) is 0 Å². The monoisotopic (exact) mass is 311 g/mol. The van der Waals surface area contributed by atoms with Crippen molar-refractivity contribution in [2.24, 2.45) is 0 Å². The first kappa shape index (κ1) is 14.3. The lowest BCUT2D eigenvalue weighted by molar-refractivity contribution is 0.0694. The number of rotatable bonds is 4. The summed E-state index contributed by atoms with van der Waals surface area (Å²) < 4.78 is 3.18. The average Bonchev–Trinajstić information content (AvgIpc) is 2.55. The van der Waals surface area contributed by atoms with Gasteiger partial charge < -0.3 is 14.9 Å². The minimum Gasteiger partial charge on any atom is -0.506 e. The van der Waals surface area contributed by atoms with E-state index in [0.717, 1.165) is 16.0 Å². The van der Waals surface area contributed by atoms with Crippen LogP contribution in [0, 0.1) is 0 Å². The minimum absolute atomic E-state index is 0.101. The number of anilines is 1. The minimum atomic E-state index is -1.15. The van der Waals surface area contributed by atoms with E-state index < -0.39 is 5.97 Å². The van der Waals surface area contributed by atoms with Crippen molar-refractivity contribution >= 4 is 34.4 Å². The highest BCUT2D eigenvalue weighted by Crippen LogP contribution is 2.36. The number of carboxylic acids is 1. The van der Waals surface area contributed by atoms with Crippen LogP contribution in [-0.2, 0) is 0 Å². The molecule has 0 unspecified atom stereocenters. The van der Waals surface area contributed by atoms with Crippen LogP contribution < -0.4 is 4.72 Å². The molecular weight excluding hydrogens is 298 g/mol. The number of carboxylic acid groups (broad SMARTS) is 1. The van der Waals surface area contributed by atoms with Crippen molar-refractivity contribution in [2.75, 3.05) is 4.72 Å². The van der Waals surface area contributed by atoms with E-state index in [1.165, 1.54) is 18.0 Å². The van der Waals surface area contributed by atoms with Gasteiger partial charge in [-0.3, -0.25) is 0 Å². The van der Waals surface area contributed by atoms with E-state index in [0.29, 0.717) is 5.39 Å².